The molecule has 3 aromatic heterocycles. The van der Waals surface area contributed by atoms with Gasteiger partial charge in [-0.2, -0.15) is 20.2 Å². The van der Waals surface area contributed by atoms with Gasteiger partial charge in [0.05, 0.1) is 42.4 Å². The average molecular weight is 932 g/mol. The number of aromatic nitrogens is 7. The zero-order valence-electron chi connectivity index (χ0n) is 36.5. The molecule has 0 spiro atoms. The van der Waals surface area contributed by atoms with Crippen LogP contribution in [0, 0.1) is 5.92 Å². The minimum atomic E-state index is -1.29. The van der Waals surface area contributed by atoms with E-state index in [-0.39, 0.29) is 87.8 Å². The molecule has 354 valence electrons. The number of aryl methyl sites for hydroxylation is 2. The Morgan fingerprint density at radius 3 is 2.07 bits per heavy atom. The third kappa shape index (κ3) is 15.5. The van der Waals surface area contributed by atoms with Crippen molar-refractivity contribution in [3.8, 4) is 5.88 Å². The second-order valence-electron chi connectivity index (χ2n) is 15.4. The Morgan fingerprint density at radius 1 is 0.765 bits per heavy atom. The summed E-state index contributed by atoms with van der Waals surface area (Å²) in [5.74, 6) is -4.35. The SMILES string of the molecule is Nc1nc(OCc2ccc(CNC(=O)CCc3cn(CCC(=O)NCC(=O)Nc4ccc(N=Nc5ccc(NC(=O)CCC[C@@H](C[C@H](N)C(=O)O)C(=O)O)cc5)cc4)nn3)cc2)c2nc[nH]c2n1. The lowest BCUT2D eigenvalue weighted by molar-refractivity contribution is -0.144. The first-order valence-electron chi connectivity index (χ1n) is 21.3. The lowest BCUT2D eigenvalue weighted by atomic mass is 9.94. The number of hydrogen-bond acceptors (Lipinski definition) is 16. The molecule has 68 heavy (non-hydrogen) atoms. The largest absolute Gasteiger partial charge is 0.481 e. The molecule has 0 saturated heterocycles. The van der Waals surface area contributed by atoms with Crippen molar-refractivity contribution in [2.75, 3.05) is 22.9 Å². The van der Waals surface area contributed by atoms with E-state index < -0.39 is 29.8 Å². The quantitative estimate of drug-likeness (QED) is 0.0371. The summed E-state index contributed by atoms with van der Waals surface area (Å²) in [6.07, 6.45) is 3.91. The second-order valence-corrected chi connectivity index (χ2v) is 15.4. The van der Waals surface area contributed by atoms with Crippen LogP contribution in [0.15, 0.2) is 95.5 Å². The molecule has 4 amide bonds. The van der Waals surface area contributed by atoms with Crippen molar-refractivity contribution in [2.45, 2.75) is 70.7 Å². The van der Waals surface area contributed by atoms with Gasteiger partial charge in [-0.25, -0.2) is 4.98 Å². The predicted molar refractivity (Wildman–Crippen MR) is 244 cm³/mol. The molecule has 6 rings (SSSR count). The molecule has 24 nitrogen and oxygen atoms in total. The zero-order chi connectivity index (χ0) is 48.4. The van der Waals surface area contributed by atoms with E-state index in [0.29, 0.717) is 52.6 Å². The monoisotopic (exact) mass is 931 g/mol. The van der Waals surface area contributed by atoms with Crippen LogP contribution in [0.4, 0.5) is 28.7 Å². The molecule has 0 saturated carbocycles. The number of nitrogen functional groups attached to an aromatic ring is 1. The lowest BCUT2D eigenvalue weighted by Crippen LogP contribution is -2.34. The summed E-state index contributed by atoms with van der Waals surface area (Å²) in [5.41, 5.74) is 16.5. The van der Waals surface area contributed by atoms with E-state index in [4.69, 9.17) is 21.3 Å². The third-order valence-electron chi connectivity index (χ3n) is 10.1. The highest BCUT2D eigenvalue weighted by Gasteiger charge is 2.24. The van der Waals surface area contributed by atoms with E-state index in [1.807, 2.05) is 24.3 Å². The second kappa shape index (κ2) is 24.0. The van der Waals surface area contributed by atoms with E-state index >= 15 is 0 Å². The summed E-state index contributed by atoms with van der Waals surface area (Å²) >= 11 is 0. The van der Waals surface area contributed by atoms with Crippen molar-refractivity contribution in [1.29, 1.82) is 0 Å². The van der Waals surface area contributed by atoms with Crippen LogP contribution < -0.4 is 37.5 Å². The minimum absolute atomic E-state index is 0.0397. The number of H-pyrrole nitrogens is 1. The zero-order valence-corrected chi connectivity index (χ0v) is 36.5. The number of hydrogen-bond donors (Lipinski definition) is 9. The van der Waals surface area contributed by atoms with Gasteiger partial charge in [-0.15, -0.1) is 5.10 Å². The van der Waals surface area contributed by atoms with Crippen LogP contribution in [0.5, 0.6) is 5.88 Å². The lowest BCUT2D eigenvalue weighted by Gasteiger charge is -2.14. The van der Waals surface area contributed by atoms with Gasteiger partial charge in [0.25, 0.3) is 0 Å². The maximum absolute atomic E-state index is 12.5. The molecule has 0 aliphatic heterocycles. The number of azo groups is 1. The summed E-state index contributed by atoms with van der Waals surface area (Å²) in [4.78, 5) is 87.5. The number of carbonyl (C=O) groups excluding carboxylic acids is 4. The van der Waals surface area contributed by atoms with Gasteiger partial charge >= 0.3 is 11.9 Å². The Balaban J connectivity index is 0.816. The fraction of sp³-hybridized carbons (Fsp3) is 0.295. The number of carboxylic acid groups (broad SMARTS) is 2. The number of aliphatic carboxylic acids is 2. The van der Waals surface area contributed by atoms with E-state index in [9.17, 15) is 33.9 Å². The molecule has 0 aliphatic rings. The molecule has 0 fully saturated rings. The number of imidazole rings is 1. The summed E-state index contributed by atoms with van der Waals surface area (Å²) in [7, 11) is 0. The number of carbonyl (C=O) groups is 6. The van der Waals surface area contributed by atoms with E-state index in [0.717, 1.165) is 11.1 Å². The Bertz CT molecular complexity index is 2720. The minimum Gasteiger partial charge on any atom is -0.481 e. The molecular weight excluding hydrogens is 883 g/mol. The fourth-order valence-electron chi connectivity index (χ4n) is 6.43. The van der Waals surface area contributed by atoms with Gasteiger partial charge in [-0.05, 0) is 78.9 Å². The van der Waals surface area contributed by atoms with Crippen LogP contribution >= 0.6 is 0 Å². The van der Waals surface area contributed by atoms with Crippen molar-refractivity contribution < 1.29 is 43.7 Å². The molecule has 3 aromatic carbocycles. The molecule has 6 aromatic rings. The number of nitrogens with one attached hydrogen (secondary N) is 5. The van der Waals surface area contributed by atoms with Crippen molar-refractivity contribution in [3.63, 3.8) is 0 Å². The maximum atomic E-state index is 12.5. The average Bonchev–Trinajstić information content (AvgIpc) is 4.00. The Hall–Kier alpha value is -8.67. The highest BCUT2D eigenvalue weighted by molar-refractivity contribution is 5.94. The van der Waals surface area contributed by atoms with Crippen molar-refractivity contribution in [3.05, 3.63) is 102 Å². The van der Waals surface area contributed by atoms with Gasteiger partial charge in [0.1, 0.15) is 12.6 Å². The van der Waals surface area contributed by atoms with Crippen molar-refractivity contribution in [1.82, 2.24) is 45.6 Å². The third-order valence-corrected chi connectivity index (χ3v) is 10.1. The van der Waals surface area contributed by atoms with Gasteiger partial charge in [0.2, 0.25) is 35.5 Å². The molecule has 0 bridgehead atoms. The highest BCUT2D eigenvalue weighted by Crippen LogP contribution is 2.24. The highest BCUT2D eigenvalue weighted by atomic mass is 16.5. The Morgan fingerprint density at radius 2 is 1.41 bits per heavy atom. The number of rotatable bonds is 25. The summed E-state index contributed by atoms with van der Waals surface area (Å²) in [6, 6.07) is 19.4. The predicted octanol–water partition coefficient (Wildman–Crippen LogP) is 3.53. The Kier molecular flexibility index (Phi) is 17.2. The first kappa shape index (κ1) is 48.8. The topological polar surface area (TPSA) is 362 Å². The number of amides is 4. The molecule has 2 atom stereocenters. The first-order valence-corrected chi connectivity index (χ1v) is 21.3. The van der Waals surface area contributed by atoms with Crippen LogP contribution in [-0.2, 0) is 54.9 Å². The fourth-order valence-corrected chi connectivity index (χ4v) is 6.43. The number of ether oxygens (including phenoxy) is 1. The molecule has 0 aliphatic carbocycles. The molecular formula is C44H49N15O9. The molecule has 24 heteroatoms. The number of benzene rings is 3. The number of nitrogens with zero attached hydrogens (tertiary/aromatic N) is 8. The molecule has 0 unspecified atom stereocenters. The van der Waals surface area contributed by atoms with E-state index in [1.54, 1.807) is 54.7 Å². The molecule has 11 N–H and O–H groups in total. The van der Waals surface area contributed by atoms with Gasteiger partial charge in [-0.1, -0.05) is 29.5 Å². The normalized spacial score (nSPS) is 12.0. The van der Waals surface area contributed by atoms with Crippen molar-refractivity contribution in [2.24, 2.45) is 21.9 Å². The van der Waals surface area contributed by atoms with E-state index in [2.05, 4.69) is 61.7 Å². The number of nitrogens with two attached hydrogens (primary N) is 2. The number of carboxylic acids is 2. The number of anilines is 3. The number of aromatic amines is 1. The van der Waals surface area contributed by atoms with Crippen LogP contribution in [0.2, 0.25) is 0 Å². The van der Waals surface area contributed by atoms with Gasteiger partial charge in [0.15, 0.2) is 11.2 Å². The van der Waals surface area contributed by atoms with Gasteiger partial charge < -0.3 is 52.7 Å². The smallest absolute Gasteiger partial charge is 0.320 e. The van der Waals surface area contributed by atoms with Crippen LogP contribution in [-0.4, -0.2) is 93.3 Å². The van der Waals surface area contributed by atoms with Gasteiger partial charge in [0, 0.05) is 49.8 Å². The van der Waals surface area contributed by atoms with Crippen molar-refractivity contribution >= 4 is 75.4 Å². The van der Waals surface area contributed by atoms with Gasteiger partial charge in [-0.3, -0.25) is 33.4 Å². The number of fused-ring (bicyclic) bond motifs is 1. The molecule has 0 radical (unpaired) electrons. The van der Waals surface area contributed by atoms with E-state index in [1.165, 1.54) is 11.0 Å². The summed E-state index contributed by atoms with van der Waals surface area (Å²) < 4.78 is 7.31. The maximum Gasteiger partial charge on any atom is 0.320 e. The van der Waals surface area contributed by atoms with Crippen LogP contribution in [0.25, 0.3) is 11.2 Å². The first-order chi connectivity index (χ1) is 32.8. The summed E-state index contributed by atoms with van der Waals surface area (Å²) in [6.45, 7) is 0.545. The standard InChI is InChI=1S/C44H49N15O9/c45-34(43(66)67)20-28(42(64)65)2-1-3-37(62)51-29-8-12-31(13-9-29)55-56-32-14-10-30(11-15-32)52-38(63)22-48-36(61)18-19-59-23-33(57-58-59)16-17-35(60)47-21-26-4-6-27(7-5-26)24-68-41-39-40(50-25-49-39)53-44(46)54-41/h4-15,23,25,28,34H,1-3,16-22,24,45H2,(H,47,60)(H,48,61)(H,51,62)(H,52,63)(H,64,65)(H,66,67)(H3,46,49,50,53,54)/t28-,34-/m0/s1. The van der Waals surface area contributed by atoms with Crippen LogP contribution in [0.3, 0.4) is 0 Å². The van der Waals surface area contributed by atoms with Crippen LogP contribution in [0.1, 0.15) is 55.3 Å². The summed E-state index contributed by atoms with van der Waals surface area (Å²) in [5, 5.41) is 45.7. The molecule has 3 heterocycles. The Labute approximate surface area is 387 Å².